The van der Waals surface area contributed by atoms with Crippen LogP contribution in [0.5, 0.6) is 0 Å². The summed E-state index contributed by atoms with van der Waals surface area (Å²) in [4.78, 5) is 0. The summed E-state index contributed by atoms with van der Waals surface area (Å²) < 4.78 is 32.7. The second kappa shape index (κ2) is 8.64. The smallest absolute Gasteiger partial charge is 0.154 e. The van der Waals surface area contributed by atoms with Gasteiger partial charge < -0.3 is 9.47 Å². The van der Waals surface area contributed by atoms with Crippen LogP contribution in [-0.2, 0) is 19.3 Å². The Morgan fingerprint density at radius 1 is 0.933 bits per heavy atom. The van der Waals surface area contributed by atoms with Crippen LogP contribution >= 0.6 is 0 Å². The van der Waals surface area contributed by atoms with Crippen LogP contribution in [0.1, 0.15) is 0 Å². The van der Waals surface area contributed by atoms with Crippen LogP contribution < -0.4 is 0 Å². The van der Waals surface area contributed by atoms with Crippen molar-refractivity contribution in [1.29, 1.82) is 0 Å². The van der Waals surface area contributed by atoms with Gasteiger partial charge in [0.2, 0.25) is 0 Å². The van der Waals surface area contributed by atoms with E-state index in [2.05, 4.69) is 13.2 Å². The van der Waals surface area contributed by atoms with Gasteiger partial charge in [0.25, 0.3) is 0 Å². The van der Waals surface area contributed by atoms with Crippen LogP contribution in [0.15, 0.2) is 25.3 Å². The Balaban J connectivity index is 3.58. The maximum atomic E-state index is 11.3. The van der Waals surface area contributed by atoms with Crippen molar-refractivity contribution in [2.24, 2.45) is 0 Å². The molecule has 0 bridgehead atoms. The minimum absolute atomic E-state index is 0.0261. The summed E-state index contributed by atoms with van der Waals surface area (Å²) in [7, 11) is -3.06. The van der Waals surface area contributed by atoms with Gasteiger partial charge in [-0.05, 0) is 0 Å². The quantitative estimate of drug-likeness (QED) is 0.414. The fraction of sp³-hybridized carbons (Fsp3) is 0.600. The van der Waals surface area contributed by atoms with E-state index >= 15 is 0 Å². The number of rotatable bonds is 10. The molecule has 0 aromatic rings. The summed E-state index contributed by atoms with van der Waals surface area (Å²) >= 11 is 0. The van der Waals surface area contributed by atoms with Crippen molar-refractivity contribution >= 4 is 9.84 Å². The minimum atomic E-state index is -3.06. The molecule has 0 unspecified atom stereocenters. The highest BCUT2D eigenvalue weighted by Gasteiger charge is 2.09. The van der Waals surface area contributed by atoms with Crippen molar-refractivity contribution in [2.45, 2.75) is 0 Å². The molecule has 0 aliphatic rings. The predicted molar refractivity (Wildman–Crippen MR) is 60.7 cm³/mol. The Labute approximate surface area is 91.5 Å². The van der Waals surface area contributed by atoms with Crippen LogP contribution in [0.4, 0.5) is 0 Å². The zero-order valence-electron chi connectivity index (χ0n) is 8.85. The highest BCUT2D eigenvalue weighted by Crippen LogP contribution is 1.92. The molecule has 88 valence electrons. The second-order valence-electron chi connectivity index (χ2n) is 2.88. The first-order chi connectivity index (χ1) is 7.12. The summed E-state index contributed by atoms with van der Waals surface area (Å²) in [5, 5.41) is 0. The molecule has 5 heteroatoms. The van der Waals surface area contributed by atoms with Gasteiger partial charge in [0, 0.05) is 0 Å². The topological polar surface area (TPSA) is 52.6 Å². The van der Waals surface area contributed by atoms with E-state index in [1.54, 1.807) is 12.2 Å². The van der Waals surface area contributed by atoms with E-state index in [0.29, 0.717) is 13.2 Å². The van der Waals surface area contributed by atoms with Crippen LogP contribution in [0.2, 0.25) is 0 Å². The molecule has 0 aliphatic heterocycles. The lowest BCUT2D eigenvalue weighted by Crippen LogP contribution is -2.19. The second-order valence-corrected chi connectivity index (χ2v) is 5.18. The molecule has 0 saturated heterocycles. The SMILES string of the molecule is C=CCOCCS(=O)(=O)CCOCC=C. The molecule has 0 N–H and O–H groups in total. The van der Waals surface area contributed by atoms with Crippen LogP contribution in [-0.4, -0.2) is 46.4 Å². The van der Waals surface area contributed by atoms with Crippen molar-refractivity contribution in [2.75, 3.05) is 37.9 Å². The minimum Gasteiger partial charge on any atom is -0.376 e. The van der Waals surface area contributed by atoms with Gasteiger partial charge in [0.05, 0.1) is 37.9 Å². The van der Waals surface area contributed by atoms with Gasteiger partial charge in [-0.15, -0.1) is 13.2 Å². The van der Waals surface area contributed by atoms with Crippen LogP contribution in [0.3, 0.4) is 0 Å². The monoisotopic (exact) mass is 234 g/mol. The van der Waals surface area contributed by atoms with E-state index in [9.17, 15) is 8.42 Å². The largest absolute Gasteiger partial charge is 0.376 e. The highest BCUT2D eigenvalue weighted by atomic mass is 32.2. The Bertz CT molecular complexity index is 247. The molecule has 15 heavy (non-hydrogen) atoms. The Morgan fingerprint density at radius 3 is 1.67 bits per heavy atom. The van der Waals surface area contributed by atoms with Crippen LogP contribution in [0.25, 0.3) is 0 Å². The van der Waals surface area contributed by atoms with Crippen molar-refractivity contribution in [3.05, 3.63) is 25.3 Å². The molecule has 0 aliphatic carbocycles. The Hall–Kier alpha value is -0.650. The summed E-state index contributed by atoms with van der Waals surface area (Å²) in [6.07, 6.45) is 3.17. The molecule has 0 rings (SSSR count). The third-order valence-electron chi connectivity index (χ3n) is 1.55. The first kappa shape index (κ1) is 14.3. The first-order valence-corrected chi connectivity index (χ1v) is 6.52. The van der Waals surface area contributed by atoms with Crippen molar-refractivity contribution < 1.29 is 17.9 Å². The lowest BCUT2D eigenvalue weighted by molar-refractivity contribution is 0.175. The molecule has 0 aromatic carbocycles. The van der Waals surface area contributed by atoms with Crippen molar-refractivity contribution in [1.82, 2.24) is 0 Å². The molecule has 0 fully saturated rings. The molecule has 0 atom stereocenters. The van der Waals surface area contributed by atoms with E-state index in [-0.39, 0.29) is 24.7 Å². The average molecular weight is 234 g/mol. The summed E-state index contributed by atoms with van der Waals surface area (Å²) in [5.41, 5.74) is 0. The maximum Gasteiger partial charge on any atom is 0.154 e. The van der Waals surface area contributed by atoms with Crippen molar-refractivity contribution in [3.63, 3.8) is 0 Å². The normalized spacial score (nSPS) is 11.2. The molecule has 0 radical (unpaired) electrons. The van der Waals surface area contributed by atoms with Gasteiger partial charge in [-0.2, -0.15) is 0 Å². The maximum absolute atomic E-state index is 11.3. The molecule has 0 amide bonds. The highest BCUT2D eigenvalue weighted by molar-refractivity contribution is 7.91. The summed E-state index contributed by atoms with van der Waals surface area (Å²) in [6.45, 7) is 8.09. The molecule has 4 nitrogen and oxygen atoms in total. The standard InChI is InChI=1S/C10H18O4S/c1-3-5-13-7-9-15(11,12)10-8-14-6-4-2/h3-4H,1-2,5-10H2. The summed E-state index contributed by atoms with van der Waals surface area (Å²) in [5.74, 6) is 0.0522. The number of sulfone groups is 1. The third-order valence-corrected chi connectivity index (χ3v) is 3.13. The van der Waals surface area contributed by atoms with Gasteiger partial charge in [-0.25, -0.2) is 8.42 Å². The lowest BCUT2D eigenvalue weighted by atomic mass is 10.7. The van der Waals surface area contributed by atoms with Gasteiger partial charge >= 0.3 is 0 Å². The van der Waals surface area contributed by atoms with Gasteiger partial charge in [0.15, 0.2) is 9.84 Å². The van der Waals surface area contributed by atoms with Gasteiger partial charge in [-0.1, -0.05) is 12.2 Å². The fourth-order valence-corrected chi connectivity index (χ4v) is 1.75. The third kappa shape index (κ3) is 9.65. The van der Waals surface area contributed by atoms with E-state index < -0.39 is 9.84 Å². The van der Waals surface area contributed by atoms with Gasteiger partial charge in [0.1, 0.15) is 0 Å². The van der Waals surface area contributed by atoms with Crippen LogP contribution in [0, 0.1) is 0 Å². The zero-order chi connectivity index (χ0) is 11.6. The van der Waals surface area contributed by atoms with E-state index in [1.807, 2.05) is 0 Å². The first-order valence-electron chi connectivity index (χ1n) is 4.70. The van der Waals surface area contributed by atoms with Gasteiger partial charge in [-0.3, -0.25) is 0 Å². The summed E-state index contributed by atoms with van der Waals surface area (Å²) in [6, 6.07) is 0. The molecule has 0 spiro atoms. The van der Waals surface area contributed by atoms with E-state index in [1.165, 1.54) is 0 Å². The number of hydrogen-bond acceptors (Lipinski definition) is 4. The predicted octanol–water partition coefficient (Wildman–Crippen LogP) is 0.806. The molecular weight excluding hydrogens is 216 g/mol. The molecule has 0 aromatic heterocycles. The average Bonchev–Trinajstić information content (AvgIpc) is 2.20. The fourth-order valence-electron chi connectivity index (χ4n) is 0.807. The number of ether oxygens (including phenoxy) is 2. The van der Waals surface area contributed by atoms with E-state index in [0.717, 1.165) is 0 Å². The molecule has 0 saturated carbocycles. The van der Waals surface area contributed by atoms with E-state index in [4.69, 9.17) is 9.47 Å². The van der Waals surface area contributed by atoms with Crippen molar-refractivity contribution in [3.8, 4) is 0 Å². The zero-order valence-corrected chi connectivity index (χ0v) is 9.67. The molecular formula is C10H18O4S. The Kier molecular flexibility index (Phi) is 8.27. The molecule has 0 heterocycles. The number of hydrogen-bond donors (Lipinski definition) is 0. The lowest BCUT2D eigenvalue weighted by Gasteiger charge is -2.04. The Morgan fingerprint density at radius 2 is 1.33 bits per heavy atom.